The van der Waals surface area contributed by atoms with Crippen LogP contribution in [-0.4, -0.2) is 52.9 Å². The second kappa shape index (κ2) is 7.05. The van der Waals surface area contributed by atoms with E-state index in [1.54, 1.807) is 0 Å². The molecule has 0 aromatic heterocycles. The van der Waals surface area contributed by atoms with E-state index in [2.05, 4.69) is 23.6 Å². The lowest BCUT2D eigenvalue weighted by atomic mass is 9.81. The Morgan fingerprint density at radius 1 is 1.19 bits per heavy atom. The molecule has 2 aliphatic rings. The van der Waals surface area contributed by atoms with Gasteiger partial charge in [-0.05, 0) is 25.7 Å². The van der Waals surface area contributed by atoms with Crippen LogP contribution in [0.2, 0.25) is 0 Å². The topological polar surface area (TPSA) is 49.6 Å². The third-order valence-corrected chi connectivity index (χ3v) is 5.72. The van der Waals surface area contributed by atoms with Crippen LogP contribution in [0.1, 0.15) is 52.4 Å². The van der Waals surface area contributed by atoms with Crippen LogP contribution in [0.5, 0.6) is 0 Å². The Hall–Kier alpha value is -0.680. The van der Waals surface area contributed by atoms with Crippen LogP contribution in [0.4, 0.5) is 0 Å². The Balaban J connectivity index is 1.94. The fourth-order valence-electron chi connectivity index (χ4n) is 3.98. The molecule has 2 fully saturated rings. The summed E-state index contributed by atoms with van der Waals surface area (Å²) in [6.07, 6.45) is 6.50. The molecule has 1 saturated carbocycles. The standard InChI is InChI=1S/C16H29N3OS/c1-3-13(14(17)21)18-9-11-19(12-10-18)15(20)16(4-2)7-5-6-8-16/h13H,3-12H2,1-2H3,(H2,17,21). The normalized spacial score (nSPS) is 24.0. The van der Waals surface area contributed by atoms with Crippen molar-refractivity contribution < 1.29 is 4.79 Å². The van der Waals surface area contributed by atoms with E-state index in [0.717, 1.165) is 51.9 Å². The van der Waals surface area contributed by atoms with Gasteiger partial charge in [0.2, 0.25) is 5.91 Å². The lowest BCUT2D eigenvalue weighted by Crippen LogP contribution is -2.56. The average molecular weight is 311 g/mol. The Labute approximate surface area is 134 Å². The van der Waals surface area contributed by atoms with Gasteiger partial charge in [-0.1, -0.05) is 38.9 Å². The van der Waals surface area contributed by atoms with Crippen LogP contribution in [0.15, 0.2) is 0 Å². The highest BCUT2D eigenvalue weighted by atomic mass is 32.1. The molecule has 2 N–H and O–H groups in total. The van der Waals surface area contributed by atoms with Crippen molar-refractivity contribution in [3.05, 3.63) is 0 Å². The smallest absolute Gasteiger partial charge is 0.228 e. The summed E-state index contributed by atoms with van der Waals surface area (Å²) < 4.78 is 0. The molecule has 1 unspecified atom stereocenters. The lowest BCUT2D eigenvalue weighted by Gasteiger charge is -2.41. The number of carbonyl (C=O) groups is 1. The molecular weight excluding hydrogens is 282 g/mol. The minimum atomic E-state index is -0.0600. The molecule has 0 aromatic rings. The van der Waals surface area contributed by atoms with Crippen LogP contribution >= 0.6 is 12.2 Å². The minimum Gasteiger partial charge on any atom is -0.392 e. The molecule has 0 aromatic carbocycles. The third kappa shape index (κ3) is 3.39. The maximum atomic E-state index is 12.9. The van der Waals surface area contributed by atoms with Crippen molar-refractivity contribution in [2.75, 3.05) is 26.2 Å². The summed E-state index contributed by atoms with van der Waals surface area (Å²) in [5.41, 5.74) is 5.76. The SMILES string of the molecule is CCC(C(N)=S)N1CCN(C(=O)C2(CC)CCCC2)CC1. The van der Waals surface area contributed by atoms with Gasteiger partial charge in [-0.2, -0.15) is 0 Å². The first-order chi connectivity index (χ1) is 10.0. The molecular formula is C16H29N3OS. The zero-order valence-corrected chi connectivity index (χ0v) is 14.3. The van der Waals surface area contributed by atoms with Gasteiger partial charge in [-0.15, -0.1) is 0 Å². The van der Waals surface area contributed by atoms with E-state index in [1.165, 1.54) is 12.8 Å². The molecule has 1 amide bonds. The van der Waals surface area contributed by atoms with Crippen molar-refractivity contribution >= 4 is 23.1 Å². The number of hydrogen-bond donors (Lipinski definition) is 1. The molecule has 5 heteroatoms. The van der Waals surface area contributed by atoms with Crippen LogP contribution in [0.3, 0.4) is 0 Å². The molecule has 21 heavy (non-hydrogen) atoms. The number of hydrogen-bond acceptors (Lipinski definition) is 3. The molecule has 120 valence electrons. The van der Waals surface area contributed by atoms with E-state index in [0.29, 0.717) is 10.9 Å². The summed E-state index contributed by atoms with van der Waals surface area (Å²) in [6, 6.07) is 0.184. The van der Waals surface area contributed by atoms with Crippen molar-refractivity contribution in [2.45, 2.75) is 58.4 Å². The van der Waals surface area contributed by atoms with E-state index in [1.807, 2.05) is 0 Å². The first-order valence-corrected chi connectivity index (χ1v) is 8.77. The second-order valence-corrected chi connectivity index (χ2v) is 6.97. The molecule has 0 bridgehead atoms. The Bertz CT molecular complexity index is 385. The van der Waals surface area contributed by atoms with Crippen LogP contribution in [-0.2, 0) is 4.79 Å². The molecule has 1 aliphatic carbocycles. The first kappa shape index (κ1) is 16.7. The van der Waals surface area contributed by atoms with Gasteiger partial charge in [-0.3, -0.25) is 9.69 Å². The minimum absolute atomic E-state index is 0.0600. The maximum Gasteiger partial charge on any atom is 0.228 e. The zero-order valence-electron chi connectivity index (χ0n) is 13.4. The van der Waals surface area contributed by atoms with Crippen molar-refractivity contribution in [1.82, 2.24) is 9.80 Å². The average Bonchev–Trinajstić information content (AvgIpc) is 2.98. The van der Waals surface area contributed by atoms with Crippen LogP contribution in [0, 0.1) is 5.41 Å². The summed E-state index contributed by atoms with van der Waals surface area (Å²) in [6.45, 7) is 7.70. The van der Waals surface area contributed by atoms with Crippen molar-refractivity contribution in [2.24, 2.45) is 11.1 Å². The van der Waals surface area contributed by atoms with Crippen molar-refractivity contribution in [1.29, 1.82) is 0 Å². The van der Waals surface area contributed by atoms with E-state index in [-0.39, 0.29) is 11.5 Å². The molecule has 0 spiro atoms. The van der Waals surface area contributed by atoms with Crippen LogP contribution in [0.25, 0.3) is 0 Å². The van der Waals surface area contributed by atoms with Gasteiger partial charge < -0.3 is 10.6 Å². The number of piperazine rings is 1. The number of nitrogens with zero attached hydrogens (tertiary/aromatic N) is 2. The van der Waals surface area contributed by atoms with Gasteiger partial charge in [-0.25, -0.2) is 0 Å². The highest BCUT2D eigenvalue weighted by molar-refractivity contribution is 7.80. The fraction of sp³-hybridized carbons (Fsp3) is 0.875. The third-order valence-electron chi connectivity index (χ3n) is 5.45. The highest BCUT2D eigenvalue weighted by Crippen LogP contribution is 2.42. The summed E-state index contributed by atoms with van der Waals surface area (Å²) in [5, 5.41) is 0. The van der Waals surface area contributed by atoms with E-state index in [9.17, 15) is 4.79 Å². The molecule has 1 aliphatic heterocycles. The summed E-state index contributed by atoms with van der Waals surface area (Å²) in [4.78, 5) is 17.9. The largest absolute Gasteiger partial charge is 0.392 e. The number of thiocarbonyl (C=S) groups is 1. The van der Waals surface area contributed by atoms with Gasteiger partial charge >= 0.3 is 0 Å². The van der Waals surface area contributed by atoms with Crippen LogP contribution < -0.4 is 5.73 Å². The van der Waals surface area contributed by atoms with Gasteiger partial charge in [0.15, 0.2) is 0 Å². The monoisotopic (exact) mass is 311 g/mol. The Morgan fingerprint density at radius 3 is 2.19 bits per heavy atom. The van der Waals surface area contributed by atoms with Crippen molar-refractivity contribution in [3.8, 4) is 0 Å². The van der Waals surface area contributed by atoms with E-state index in [4.69, 9.17) is 18.0 Å². The number of nitrogens with two attached hydrogens (primary N) is 1. The van der Waals surface area contributed by atoms with Gasteiger partial charge in [0.1, 0.15) is 0 Å². The molecule has 1 atom stereocenters. The van der Waals surface area contributed by atoms with Gasteiger partial charge in [0.05, 0.1) is 11.0 Å². The number of carbonyl (C=O) groups excluding carboxylic acids is 1. The summed E-state index contributed by atoms with van der Waals surface area (Å²) in [7, 11) is 0. The number of rotatable bonds is 5. The fourth-order valence-corrected chi connectivity index (χ4v) is 4.30. The Morgan fingerprint density at radius 2 is 1.76 bits per heavy atom. The van der Waals surface area contributed by atoms with Crippen molar-refractivity contribution in [3.63, 3.8) is 0 Å². The van der Waals surface area contributed by atoms with E-state index < -0.39 is 0 Å². The molecule has 0 radical (unpaired) electrons. The quantitative estimate of drug-likeness (QED) is 0.791. The van der Waals surface area contributed by atoms with Gasteiger partial charge in [0, 0.05) is 31.6 Å². The Kier molecular flexibility index (Phi) is 5.60. The summed E-state index contributed by atoms with van der Waals surface area (Å²) in [5.74, 6) is 0.394. The molecule has 2 rings (SSSR count). The maximum absolute atomic E-state index is 12.9. The highest BCUT2D eigenvalue weighted by Gasteiger charge is 2.42. The lowest BCUT2D eigenvalue weighted by molar-refractivity contribution is -0.144. The zero-order chi connectivity index (χ0) is 15.5. The number of amides is 1. The molecule has 4 nitrogen and oxygen atoms in total. The molecule has 1 saturated heterocycles. The molecule has 1 heterocycles. The summed E-state index contributed by atoms with van der Waals surface area (Å²) >= 11 is 5.16. The predicted octanol–water partition coefficient (Wildman–Crippen LogP) is 2.17. The predicted molar refractivity (Wildman–Crippen MR) is 90.2 cm³/mol. The first-order valence-electron chi connectivity index (χ1n) is 8.37. The van der Waals surface area contributed by atoms with Gasteiger partial charge in [0.25, 0.3) is 0 Å². The van der Waals surface area contributed by atoms with E-state index >= 15 is 0 Å². The second-order valence-electron chi connectivity index (χ2n) is 6.50.